The van der Waals surface area contributed by atoms with Crippen molar-refractivity contribution in [2.75, 3.05) is 13.7 Å². The number of ether oxygens (including phenoxy) is 1. The maximum absolute atomic E-state index is 12.8. The molecule has 0 radical (unpaired) electrons. The van der Waals surface area contributed by atoms with E-state index in [-0.39, 0.29) is 6.54 Å². The monoisotopic (exact) mass is 398 g/mol. The molecule has 7 nitrogen and oxygen atoms in total. The minimum atomic E-state index is -0.953. The fourth-order valence-corrected chi connectivity index (χ4v) is 2.89. The molecule has 2 atom stereocenters. The lowest BCUT2D eigenvalue weighted by molar-refractivity contribution is -0.142. The smallest absolute Gasteiger partial charge is 0.308 e. The Labute approximate surface area is 170 Å². The van der Waals surface area contributed by atoms with Gasteiger partial charge in [-0.3, -0.25) is 14.4 Å². The molecule has 0 fully saturated rings. The van der Waals surface area contributed by atoms with Gasteiger partial charge in [0.15, 0.2) is 0 Å². The van der Waals surface area contributed by atoms with E-state index in [0.29, 0.717) is 29.7 Å². The molecule has 2 aromatic rings. The molecule has 0 saturated heterocycles. The van der Waals surface area contributed by atoms with Crippen LogP contribution in [-0.4, -0.2) is 36.5 Å². The molecule has 0 spiro atoms. The van der Waals surface area contributed by atoms with Crippen molar-refractivity contribution in [3.63, 3.8) is 0 Å². The number of amides is 2. The fraction of sp³-hybridized carbons (Fsp3) is 0.318. The first-order valence-corrected chi connectivity index (χ1v) is 9.46. The summed E-state index contributed by atoms with van der Waals surface area (Å²) in [7, 11) is 1.54. The number of nitrogens with one attached hydrogen (secondary N) is 2. The van der Waals surface area contributed by atoms with Gasteiger partial charge < -0.3 is 20.5 Å². The summed E-state index contributed by atoms with van der Waals surface area (Å²) in [6.45, 7) is 1.89. The maximum atomic E-state index is 12.8. The summed E-state index contributed by atoms with van der Waals surface area (Å²) in [5.41, 5.74) is 0.989. The number of hydrogen-bond donors (Lipinski definition) is 3. The van der Waals surface area contributed by atoms with Gasteiger partial charge in [0.05, 0.1) is 13.0 Å². The van der Waals surface area contributed by atoms with Crippen LogP contribution in [0.4, 0.5) is 0 Å². The first-order chi connectivity index (χ1) is 14.0. The number of hydrogen-bond acceptors (Lipinski definition) is 4. The number of methoxy groups -OCH3 is 1. The van der Waals surface area contributed by atoms with Crippen molar-refractivity contribution in [1.29, 1.82) is 0 Å². The number of carbonyl (C=O) groups is 3. The Balaban J connectivity index is 2.15. The van der Waals surface area contributed by atoms with Crippen molar-refractivity contribution < 1.29 is 24.2 Å². The molecule has 2 unspecified atom stereocenters. The van der Waals surface area contributed by atoms with Crippen LogP contribution in [0.3, 0.4) is 0 Å². The highest BCUT2D eigenvalue weighted by Gasteiger charge is 2.25. The summed E-state index contributed by atoms with van der Waals surface area (Å²) in [5, 5.41) is 14.7. The van der Waals surface area contributed by atoms with Gasteiger partial charge >= 0.3 is 5.97 Å². The van der Waals surface area contributed by atoms with E-state index in [1.807, 2.05) is 13.0 Å². The molecular weight excluding hydrogens is 372 g/mol. The van der Waals surface area contributed by atoms with Gasteiger partial charge in [-0.1, -0.05) is 43.7 Å². The second-order valence-electron chi connectivity index (χ2n) is 6.61. The van der Waals surface area contributed by atoms with Crippen LogP contribution < -0.4 is 15.4 Å². The number of carboxylic acids is 1. The van der Waals surface area contributed by atoms with E-state index in [0.717, 1.165) is 0 Å². The van der Waals surface area contributed by atoms with Crippen LogP contribution >= 0.6 is 0 Å². The van der Waals surface area contributed by atoms with Gasteiger partial charge in [-0.05, 0) is 36.2 Å². The van der Waals surface area contributed by atoms with Gasteiger partial charge in [0.25, 0.3) is 5.91 Å². The number of carbonyl (C=O) groups excluding carboxylic acids is 2. The van der Waals surface area contributed by atoms with E-state index in [4.69, 9.17) is 4.74 Å². The van der Waals surface area contributed by atoms with E-state index < -0.39 is 29.7 Å². The summed E-state index contributed by atoms with van der Waals surface area (Å²) in [6.07, 6.45) is 1.16. The Hall–Kier alpha value is -3.35. The second kappa shape index (κ2) is 10.8. The molecule has 2 aromatic carbocycles. The van der Waals surface area contributed by atoms with Crippen molar-refractivity contribution >= 4 is 17.8 Å². The predicted molar refractivity (Wildman–Crippen MR) is 109 cm³/mol. The molecule has 0 aliphatic carbocycles. The van der Waals surface area contributed by atoms with Gasteiger partial charge in [0.2, 0.25) is 5.91 Å². The molecule has 154 valence electrons. The van der Waals surface area contributed by atoms with Gasteiger partial charge in [-0.25, -0.2) is 0 Å². The Kier molecular flexibility index (Phi) is 8.21. The third-order valence-corrected chi connectivity index (χ3v) is 4.53. The minimum absolute atomic E-state index is 0.00372. The summed E-state index contributed by atoms with van der Waals surface area (Å²) in [5.74, 6) is -1.88. The van der Waals surface area contributed by atoms with Gasteiger partial charge in [0.1, 0.15) is 11.8 Å². The van der Waals surface area contributed by atoms with Crippen LogP contribution in [0.2, 0.25) is 0 Å². The number of carboxylic acid groups (broad SMARTS) is 1. The summed E-state index contributed by atoms with van der Waals surface area (Å²) in [6, 6.07) is 14.4. The first kappa shape index (κ1) is 21.9. The Bertz CT molecular complexity index is 821. The van der Waals surface area contributed by atoms with Crippen LogP contribution in [0.15, 0.2) is 54.6 Å². The zero-order chi connectivity index (χ0) is 21.2. The van der Waals surface area contributed by atoms with Crippen molar-refractivity contribution in [2.24, 2.45) is 5.92 Å². The number of aliphatic carboxylic acids is 1. The molecule has 0 bridgehead atoms. The topological polar surface area (TPSA) is 105 Å². The zero-order valence-corrected chi connectivity index (χ0v) is 16.6. The lowest BCUT2D eigenvalue weighted by Gasteiger charge is -2.20. The molecular formula is C22H26N2O5. The van der Waals surface area contributed by atoms with Gasteiger partial charge in [-0.2, -0.15) is 0 Å². The molecule has 0 aliphatic heterocycles. The van der Waals surface area contributed by atoms with Gasteiger partial charge in [0, 0.05) is 12.1 Å². The second-order valence-corrected chi connectivity index (χ2v) is 6.61. The lowest BCUT2D eigenvalue weighted by Crippen LogP contribution is -2.42. The highest BCUT2D eigenvalue weighted by molar-refractivity contribution is 5.98. The van der Waals surface area contributed by atoms with E-state index >= 15 is 0 Å². The van der Waals surface area contributed by atoms with E-state index in [2.05, 4.69) is 10.6 Å². The third kappa shape index (κ3) is 6.34. The lowest BCUT2D eigenvalue weighted by atomic mass is 10.0. The molecule has 7 heteroatoms. The maximum Gasteiger partial charge on any atom is 0.308 e. The quantitative estimate of drug-likeness (QED) is 0.571. The standard InChI is InChI=1S/C22H26N2O5/c1-3-7-17(22(27)28)14-23-21(26)19(15-8-5-4-6-9-15)24-20(25)16-10-12-18(29-2)13-11-16/h4-6,8-13,17,19H,3,7,14H2,1-2H3,(H,23,26)(H,24,25)(H,27,28). The number of rotatable bonds is 10. The molecule has 29 heavy (non-hydrogen) atoms. The van der Waals surface area contributed by atoms with E-state index in [9.17, 15) is 19.5 Å². The van der Waals surface area contributed by atoms with Crippen molar-refractivity contribution in [3.05, 3.63) is 65.7 Å². The molecule has 2 amide bonds. The van der Waals surface area contributed by atoms with Crippen molar-refractivity contribution in [1.82, 2.24) is 10.6 Å². The highest BCUT2D eigenvalue weighted by atomic mass is 16.5. The SMILES string of the molecule is CCCC(CNC(=O)C(NC(=O)c1ccc(OC)cc1)c1ccccc1)C(=O)O. The molecule has 3 N–H and O–H groups in total. The molecule has 0 aromatic heterocycles. The average Bonchev–Trinajstić information content (AvgIpc) is 2.75. The van der Waals surface area contributed by atoms with Gasteiger partial charge in [-0.15, -0.1) is 0 Å². The summed E-state index contributed by atoms with van der Waals surface area (Å²) >= 11 is 0. The minimum Gasteiger partial charge on any atom is -0.497 e. The Morgan fingerprint density at radius 2 is 1.69 bits per heavy atom. The highest BCUT2D eigenvalue weighted by Crippen LogP contribution is 2.16. The van der Waals surface area contributed by atoms with Crippen LogP contribution in [-0.2, 0) is 9.59 Å². The first-order valence-electron chi connectivity index (χ1n) is 9.46. The molecule has 2 rings (SSSR count). The van der Waals surface area contributed by atoms with Crippen LogP contribution in [0.5, 0.6) is 5.75 Å². The van der Waals surface area contributed by atoms with Crippen LogP contribution in [0.25, 0.3) is 0 Å². The zero-order valence-electron chi connectivity index (χ0n) is 16.6. The van der Waals surface area contributed by atoms with Crippen molar-refractivity contribution in [3.8, 4) is 5.75 Å². The number of benzene rings is 2. The summed E-state index contributed by atoms with van der Waals surface area (Å²) < 4.78 is 5.09. The fourth-order valence-electron chi connectivity index (χ4n) is 2.89. The molecule has 0 aliphatic rings. The third-order valence-electron chi connectivity index (χ3n) is 4.53. The van der Waals surface area contributed by atoms with Crippen LogP contribution in [0.1, 0.15) is 41.7 Å². The Morgan fingerprint density at radius 3 is 2.24 bits per heavy atom. The van der Waals surface area contributed by atoms with E-state index in [1.54, 1.807) is 48.5 Å². The normalized spacial score (nSPS) is 12.5. The predicted octanol–water partition coefficient (Wildman–Crippen LogP) is 2.78. The molecule has 0 heterocycles. The average molecular weight is 398 g/mol. The Morgan fingerprint density at radius 1 is 1.03 bits per heavy atom. The largest absolute Gasteiger partial charge is 0.497 e. The summed E-state index contributed by atoms with van der Waals surface area (Å²) in [4.78, 5) is 36.8. The van der Waals surface area contributed by atoms with Crippen LogP contribution in [0, 0.1) is 5.92 Å². The van der Waals surface area contributed by atoms with Crippen molar-refractivity contribution in [2.45, 2.75) is 25.8 Å². The van der Waals surface area contributed by atoms with E-state index in [1.165, 1.54) is 7.11 Å². The molecule has 0 saturated carbocycles.